The van der Waals surface area contributed by atoms with Crippen molar-refractivity contribution in [2.45, 2.75) is 25.4 Å². The summed E-state index contributed by atoms with van der Waals surface area (Å²) in [5.41, 5.74) is 5.01. The largest absolute Gasteiger partial charge is 0.301 e. The highest BCUT2D eigenvalue weighted by atomic mass is 16.2. The first-order valence-corrected chi connectivity index (χ1v) is 10.1. The van der Waals surface area contributed by atoms with E-state index in [1.165, 1.54) is 5.56 Å². The average molecular weight is 394 g/mol. The fraction of sp³-hybridized carbons (Fsp3) is 0.160. The summed E-state index contributed by atoms with van der Waals surface area (Å²) in [6.45, 7) is 2.04. The third-order valence-electron chi connectivity index (χ3n) is 5.57. The number of β-lactam (4-membered cyclic amide) rings is 1. The molecule has 2 atom stereocenters. The number of aryl methyl sites for hydroxylation is 1. The zero-order chi connectivity index (χ0) is 20.5. The van der Waals surface area contributed by atoms with Crippen LogP contribution in [0.5, 0.6) is 0 Å². The molecular formula is C25H22N4O. The van der Waals surface area contributed by atoms with Crippen molar-refractivity contribution in [2.75, 3.05) is 4.90 Å². The van der Waals surface area contributed by atoms with Crippen LogP contribution in [0.3, 0.4) is 0 Å². The molecule has 1 aromatic heterocycles. The van der Waals surface area contributed by atoms with Gasteiger partial charge in [-0.1, -0.05) is 83.6 Å². The summed E-state index contributed by atoms with van der Waals surface area (Å²) in [7, 11) is 0. The third kappa shape index (κ3) is 3.28. The third-order valence-corrected chi connectivity index (χ3v) is 5.57. The highest BCUT2D eigenvalue weighted by Gasteiger charge is 2.48. The molecule has 5 nitrogen and oxygen atoms in total. The minimum atomic E-state index is -0.404. The molecule has 30 heavy (non-hydrogen) atoms. The van der Waals surface area contributed by atoms with Gasteiger partial charge in [0.15, 0.2) is 6.04 Å². The molecule has 1 amide bonds. The van der Waals surface area contributed by atoms with Crippen LogP contribution in [-0.4, -0.2) is 26.9 Å². The van der Waals surface area contributed by atoms with E-state index < -0.39 is 6.04 Å². The Labute approximate surface area is 175 Å². The minimum Gasteiger partial charge on any atom is -0.301 e. The van der Waals surface area contributed by atoms with Gasteiger partial charge in [-0.05, 0) is 36.6 Å². The Bertz CT molecular complexity index is 1160. The molecule has 1 fully saturated rings. The molecule has 2 heterocycles. The fourth-order valence-corrected chi connectivity index (χ4v) is 3.93. The predicted molar refractivity (Wildman–Crippen MR) is 119 cm³/mol. The number of allylic oxidation sites excluding steroid dienone is 4. The van der Waals surface area contributed by atoms with Gasteiger partial charge >= 0.3 is 0 Å². The van der Waals surface area contributed by atoms with Crippen LogP contribution in [0.25, 0.3) is 11.6 Å². The van der Waals surface area contributed by atoms with E-state index in [4.69, 9.17) is 0 Å². The number of hydrogen-bond donors (Lipinski definition) is 0. The van der Waals surface area contributed by atoms with E-state index in [1.54, 1.807) is 4.68 Å². The Morgan fingerprint density at radius 3 is 2.60 bits per heavy atom. The van der Waals surface area contributed by atoms with Crippen molar-refractivity contribution < 1.29 is 4.79 Å². The van der Waals surface area contributed by atoms with E-state index in [0.717, 1.165) is 28.9 Å². The van der Waals surface area contributed by atoms with Crippen LogP contribution in [-0.2, 0) is 4.79 Å². The monoisotopic (exact) mass is 394 g/mol. The van der Waals surface area contributed by atoms with Gasteiger partial charge in [0.25, 0.3) is 5.91 Å². The molecule has 0 spiro atoms. The number of carbonyl (C=O) groups is 1. The molecule has 5 heteroatoms. The summed E-state index contributed by atoms with van der Waals surface area (Å²) in [4.78, 5) is 15.0. The van der Waals surface area contributed by atoms with Crippen molar-refractivity contribution >= 4 is 23.2 Å². The Hall–Kier alpha value is -3.73. The van der Waals surface area contributed by atoms with Crippen LogP contribution in [0.2, 0.25) is 0 Å². The Morgan fingerprint density at radius 2 is 1.87 bits per heavy atom. The number of rotatable bonds is 5. The van der Waals surface area contributed by atoms with E-state index in [0.29, 0.717) is 0 Å². The molecule has 1 unspecified atom stereocenters. The quantitative estimate of drug-likeness (QED) is 0.594. The number of aromatic nitrogens is 3. The van der Waals surface area contributed by atoms with E-state index >= 15 is 0 Å². The Kier molecular flexibility index (Phi) is 4.64. The summed E-state index contributed by atoms with van der Waals surface area (Å²) in [6, 6.07) is 17.6. The second kappa shape index (κ2) is 7.59. The minimum absolute atomic E-state index is 0.0222. The zero-order valence-electron chi connectivity index (χ0n) is 16.7. The number of benzene rings is 2. The van der Waals surface area contributed by atoms with Gasteiger partial charge in [0.1, 0.15) is 5.69 Å². The lowest BCUT2D eigenvalue weighted by atomic mass is 9.92. The van der Waals surface area contributed by atoms with Gasteiger partial charge < -0.3 is 4.90 Å². The van der Waals surface area contributed by atoms with Crippen LogP contribution in [0.15, 0.2) is 85.1 Å². The summed E-state index contributed by atoms with van der Waals surface area (Å²) in [5.74, 6) is 0.0222. The molecule has 1 aliphatic heterocycles. The highest BCUT2D eigenvalue weighted by molar-refractivity contribution is 6.05. The van der Waals surface area contributed by atoms with E-state index in [9.17, 15) is 4.79 Å². The second-order valence-electron chi connectivity index (χ2n) is 7.63. The lowest BCUT2D eigenvalue weighted by molar-refractivity contribution is -0.128. The van der Waals surface area contributed by atoms with Crippen LogP contribution in [0, 0.1) is 6.92 Å². The van der Waals surface area contributed by atoms with Crippen LogP contribution >= 0.6 is 0 Å². The molecule has 3 aromatic rings. The maximum atomic E-state index is 13.2. The van der Waals surface area contributed by atoms with Crippen molar-refractivity contribution in [3.63, 3.8) is 0 Å². The molecule has 0 saturated carbocycles. The number of hydrogen-bond acceptors (Lipinski definition) is 3. The van der Waals surface area contributed by atoms with Gasteiger partial charge in [-0.2, -0.15) is 0 Å². The maximum absolute atomic E-state index is 13.2. The van der Waals surface area contributed by atoms with Gasteiger partial charge in [0, 0.05) is 5.69 Å². The zero-order valence-corrected chi connectivity index (χ0v) is 16.7. The first kappa shape index (κ1) is 18.3. The molecular weight excluding hydrogens is 372 g/mol. The number of amides is 1. The first-order valence-electron chi connectivity index (χ1n) is 10.1. The number of nitrogens with zero attached hydrogens (tertiary/aromatic N) is 4. The molecule has 0 radical (unpaired) electrons. The second-order valence-corrected chi connectivity index (χ2v) is 7.63. The highest BCUT2D eigenvalue weighted by Crippen LogP contribution is 2.37. The van der Waals surface area contributed by atoms with Gasteiger partial charge in [-0.15, -0.1) is 5.10 Å². The standard InChI is InChI=1S/C25H22N4O/c1-18-11-14-21(15-12-18)29-23(16-13-19-7-3-2-4-8-19)24(25(29)30)28-17-22(26-27-28)20-9-5-6-10-20/h2-5,7-17,23-24H,6H2,1H3/b16-13+/t23-,24?/m1/s1. The van der Waals surface area contributed by atoms with Crippen LogP contribution in [0.1, 0.15) is 29.3 Å². The van der Waals surface area contributed by atoms with Crippen molar-refractivity contribution in [3.05, 3.63) is 102 Å². The topological polar surface area (TPSA) is 51.0 Å². The predicted octanol–water partition coefficient (Wildman–Crippen LogP) is 4.60. The summed E-state index contributed by atoms with van der Waals surface area (Å²) < 4.78 is 1.70. The summed E-state index contributed by atoms with van der Waals surface area (Å²) in [5, 5.41) is 8.59. The van der Waals surface area contributed by atoms with Gasteiger partial charge in [0.05, 0.1) is 12.2 Å². The van der Waals surface area contributed by atoms with E-state index in [-0.39, 0.29) is 11.9 Å². The molecule has 1 aliphatic carbocycles. The normalized spacial score (nSPS) is 20.6. The van der Waals surface area contributed by atoms with Crippen LogP contribution < -0.4 is 4.90 Å². The first-order chi connectivity index (χ1) is 14.7. The summed E-state index contributed by atoms with van der Waals surface area (Å²) >= 11 is 0. The summed E-state index contributed by atoms with van der Waals surface area (Å²) in [6.07, 6.45) is 13.2. The number of anilines is 1. The Balaban J connectivity index is 1.48. The SMILES string of the molecule is Cc1ccc(N2C(=O)C(n3cc(C4=CCC=C4)nn3)[C@H]2/C=C/c2ccccc2)cc1. The molecule has 2 aliphatic rings. The molecule has 1 saturated heterocycles. The molecule has 0 bridgehead atoms. The van der Waals surface area contributed by atoms with Crippen LogP contribution in [0.4, 0.5) is 5.69 Å². The lowest BCUT2D eigenvalue weighted by Gasteiger charge is -2.45. The molecule has 148 valence electrons. The maximum Gasteiger partial charge on any atom is 0.255 e. The van der Waals surface area contributed by atoms with Crippen molar-refractivity contribution in [1.82, 2.24) is 15.0 Å². The van der Waals surface area contributed by atoms with Gasteiger partial charge in [-0.3, -0.25) is 4.79 Å². The molecule has 5 rings (SSSR count). The van der Waals surface area contributed by atoms with Crippen molar-refractivity contribution in [3.8, 4) is 0 Å². The molecule has 2 aromatic carbocycles. The van der Waals surface area contributed by atoms with Crippen molar-refractivity contribution in [1.29, 1.82) is 0 Å². The van der Waals surface area contributed by atoms with Gasteiger partial charge in [0.2, 0.25) is 0 Å². The van der Waals surface area contributed by atoms with E-state index in [1.807, 2.05) is 66.6 Å². The fourth-order valence-electron chi connectivity index (χ4n) is 3.93. The number of carbonyl (C=O) groups excluding carboxylic acids is 1. The smallest absolute Gasteiger partial charge is 0.255 e. The molecule has 0 N–H and O–H groups in total. The average Bonchev–Trinajstić information content (AvgIpc) is 3.45. The van der Waals surface area contributed by atoms with E-state index in [2.05, 4.69) is 46.7 Å². The van der Waals surface area contributed by atoms with Gasteiger partial charge in [-0.25, -0.2) is 4.68 Å². The lowest BCUT2D eigenvalue weighted by Crippen LogP contribution is -2.61. The van der Waals surface area contributed by atoms with Crippen molar-refractivity contribution in [2.24, 2.45) is 0 Å². The Morgan fingerprint density at radius 1 is 1.07 bits per heavy atom.